The van der Waals surface area contributed by atoms with Crippen molar-refractivity contribution in [1.29, 1.82) is 0 Å². The second kappa shape index (κ2) is 4.30. The first-order valence-electron chi connectivity index (χ1n) is 4.34. The number of amides is 1. The van der Waals surface area contributed by atoms with Crippen LogP contribution in [0.3, 0.4) is 0 Å². The molecule has 1 aliphatic heterocycles. The third-order valence-electron chi connectivity index (χ3n) is 1.79. The molecule has 84 valence electrons. The maximum absolute atomic E-state index is 10.6. The van der Waals surface area contributed by atoms with Crippen LogP contribution in [0.25, 0.3) is 0 Å². The van der Waals surface area contributed by atoms with E-state index in [-0.39, 0.29) is 5.88 Å². The molecule has 0 spiro atoms. The number of ether oxygens (including phenoxy) is 1. The number of carboxylic acid groups (broad SMARTS) is 1. The summed E-state index contributed by atoms with van der Waals surface area (Å²) in [6.07, 6.45) is 0.138. The summed E-state index contributed by atoms with van der Waals surface area (Å²) in [6.45, 7) is 0. The van der Waals surface area contributed by atoms with Gasteiger partial charge in [0.2, 0.25) is 5.88 Å². The molecule has 0 radical (unpaired) electrons. The first kappa shape index (κ1) is 10.6. The Morgan fingerprint density at radius 3 is 2.62 bits per heavy atom. The Hall–Kier alpha value is -1.92. The number of hydrogen-bond donors (Lipinski definition) is 3. The Morgan fingerprint density at radius 1 is 1.38 bits per heavy atom. The summed E-state index contributed by atoms with van der Waals surface area (Å²) in [5.41, 5.74) is 4.93. The Kier molecular flexibility index (Phi) is 2.84. The van der Waals surface area contributed by atoms with Crippen LogP contribution in [0.4, 0.5) is 4.79 Å². The number of hydrogen-bond acceptors (Lipinski definition) is 4. The average molecular weight is 242 g/mol. The van der Waals surface area contributed by atoms with Crippen LogP contribution in [0, 0.1) is 0 Å². The van der Waals surface area contributed by atoms with Crippen molar-refractivity contribution in [1.82, 2.24) is 16.0 Å². The minimum atomic E-state index is -1.14. The molecule has 0 aromatic heterocycles. The minimum Gasteiger partial charge on any atom is -0.464 e. The lowest BCUT2D eigenvalue weighted by Gasteiger charge is -2.06. The van der Waals surface area contributed by atoms with Crippen molar-refractivity contribution in [3.63, 3.8) is 0 Å². The van der Waals surface area contributed by atoms with Crippen LogP contribution in [-0.2, 0) is 0 Å². The third kappa shape index (κ3) is 2.36. The van der Waals surface area contributed by atoms with Crippen molar-refractivity contribution in [2.75, 3.05) is 0 Å². The van der Waals surface area contributed by atoms with Crippen LogP contribution in [0.15, 0.2) is 36.3 Å². The maximum atomic E-state index is 10.6. The summed E-state index contributed by atoms with van der Waals surface area (Å²) in [5, 5.41) is 10.1. The quantitative estimate of drug-likeness (QED) is 0.732. The van der Waals surface area contributed by atoms with E-state index >= 15 is 0 Å². The second-order valence-corrected chi connectivity index (χ2v) is 3.38. The molecule has 0 aliphatic carbocycles. The van der Waals surface area contributed by atoms with Crippen molar-refractivity contribution >= 4 is 17.7 Å². The van der Waals surface area contributed by atoms with Crippen LogP contribution in [-0.4, -0.2) is 16.2 Å². The lowest BCUT2D eigenvalue weighted by Crippen LogP contribution is -2.39. The summed E-state index contributed by atoms with van der Waals surface area (Å²) in [7, 11) is 0. The van der Waals surface area contributed by atoms with Gasteiger partial charge in [-0.3, -0.25) is 5.43 Å². The summed E-state index contributed by atoms with van der Waals surface area (Å²) in [6, 6.07) is 6.70. The molecule has 0 unspecified atom stereocenters. The molecule has 0 bridgehead atoms. The van der Waals surface area contributed by atoms with Crippen molar-refractivity contribution in [3.05, 3.63) is 41.4 Å². The standard InChI is InChI=1S/C9H8ClN3O3/c10-6-1-3-7(4-2-6)16-8-5-13(9(14)15)12-11-8/h1-5,11-12H,(H,14,15). The number of carbonyl (C=O) groups is 1. The fourth-order valence-corrected chi connectivity index (χ4v) is 1.21. The molecule has 0 fully saturated rings. The highest BCUT2D eigenvalue weighted by atomic mass is 35.5. The van der Waals surface area contributed by atoms with Crippen molar-refractivity contribution in [2.24, 2.45) is 0 Å². The zero-order valence-corrected chi connectivity index (χ0v) is 8.73. The van der Waals surface area contributed by atoms with Gasteiger partial charge in [0.1, 0.15) is 5.75 Å². The highest BCUT2D eigenvalue weighted by molar-refractivity contribution is 6.30. The highest BCUT2D eigenvalue weighted by Gasteiger charge is 2.17. The normalized spacial score (nSPS) is 14.3. The number of hydrazine groups is 2. The summed E-state index contributed by atoms with van der Waals surface area (Å²) in [5.74, 6) is 0.835. The van der Waals surface area contributed by atoms with E-state index < -0.39 is 6.09 Å². The number of nitrogens with zero attached hydrogens (tertiary/aromatic N) is 1. The van der Waals surface area contributed by atoms with E-state index in [1.54, 1.807) is 24.3 Å². The van der Waals surface area contributed by atoms with Gasteiger partial charge in [0, 0.05) is 5.02 Å². The molecule has 7 heteroatoms. The van der Waals surface area contributed by atoms with E-state index in [0.717, 1.165) is 5.01 Å². The zero-order valence-electron chi connectivity index (χ0n) is 7.98. The molecule has 1 amide bonds. The van der Waals surface area contributed by atoms with E-state index in [9.17, 15) is 4.79 Å². The molecule has 3 N–H and O–H groups in total. The smallest absolute Gasteiger partial charge is 0.427 e. The molecule has 1 aromatic carbocycles. The molecule has 1 heterocycles. The molecular weight excluding hydrogens is 234 g/mol. The van der Waals surface area contributed by atoms with Gasteiger partial charge >= 0.3 is 6.09 Å². The number of nitrogens with one attached hydrogen (secondary N) is 2. The largest absolute Gasteiger partial charge is 0.464 e. The molecule has 0 saturated carbocycles. The summed E-state index contributed by atoms with van der Waals surface area (Å²) in [4.78, 5) is 10.6. The predicted molar refractivity (Wildman–Crippen MR) is 56.3 cm³/mol. The Labute approximate surface area is 96.0 Å². The van der Waals surface area contributed by atoms with Gasteiger partial charge in [-0.15, -0.1) is 5.53 Å². The van der Waals surface area contributed by atoms with Crippen LogP contribution in [0.1, 0.15) is 0 Å². The molecular formula is C9H8ClN3O3. The third-order valence-corrected chi connectivity index (χ3v) is 2.05. The van der Waals surface area contributed by atoms with E-state index in [2.05, 4.69) is 11.0 Å². The highest BCUT2D eigenvalue weighted by Crippen LogP contribution is 2.17. The van der Waals surface area contributed by atoms with Crippen LogP contribution < -0.4 is 15.7 Å². The van der Waals surface area contributed by atoms with Crippen LogP contribution in [0.2, 0.25) is 5.02 Å². The Bertz CT molecular complexity index is 432. The Balaban J connectivity index is 2.03. The van der Waals surface area contributed by atoms with Gasteiger partial charge in [0.05, 0.1) is 6.20 Å². The first-order chi connectivity index (χ1) is 7.65. The van der Waals surface area contributed by atoms with Crippen molar-refractivity contribution in [3.8, 4) is 5.75 Å². The van der Waals surface area contributed by atoms with Crippen LogP contribution >= 0.6 is 11.6 Å². The minimum absolute atomic E-state index is 0.282. The molecule has 1 aromatic rings. The number of halogens is 1. The molecule has 6 nitrogen and oxygen atoms in total. The van der Waals surface area contributed by atoms with E-state index in [0.29, 0.717) is 10.8 Å². The molecule has 16 heavy (non-hydrogen) atoms. The zero-order chi connectivity index (χ0) is 11.5. The van der Waals surface area contributed by atoms with Crippen LogP contribution in [0.5, 0.6) is 5.75 Å². The Morgan fingerprint density at radius 2 is 2.06 bits per heavy atom. The fourth-order valence-electron chi connectivity index (χ4n) is 1.08. The van der Waals surface area contributed by atoms with Gasteiger partial charge in [0.15, 0.2) is 0 Å². The first-order valence-corrected chi connectivity index (χ1v) is 4.72. The van der Waals surface area contributed by atoms with Gasteiger partial charge in [0.25, 0.3) is 0 Å². The van der Waals surface area contributed by atoms with Gasteiger partial charge < -0.3 is 9.84 Å². The fraction of sp³-hybridized carbons (Fsp3) is 0. The predicted octanol–water partition coefficient (Wildman–Crippen LogP) is 1.52. The maximum Gasteiger partial charge on any atom is 0.427 e. The van der Waals surface area contributed by atoms with E-state index in [1.165, 1.54) is 6.20 Å². The summed E-state index contributed by atoms with van der Waals surface area (Å²) < 4.78 is 5.33. The van der Waals surface area contributed by atoms with Gasteiger partial charge in [-0.05, 0) is 24.3 Å². The SMILES string of the molecule is O=C(O)N1C=C(Oc2ccc(Cl)cc2)NN1. The topological polar surface area (TPSA) is 73.8 Å². The lowest BCUT2D eigenvalue weighted by atomic mass is 10.3. The average Bonchev–Trinajstić information content (AvgIpc) is 2.70. The molecule has 0 atom stereocenters. The molecule has 0 saturated heterocycles. The number of rotatable bonds is 2. The molecule has 2 rings (SSSR count). The van der Waals surface area contributed by atoms with Gasteiger partial charge in [-0.25, -0.2) is 4.79 Å². The lowest BCUT2D eigenvalue weighted by molar-refractivity contribution is 0.145. The van der Waals surface area contributed by atoms with Crippen molar-refractivity contribution < 1.29 is 14.6 Å². The molecule has 1 aliphatic rings. The second-order valence-electron chi connectivity index (χ2n) is 2.94. The monoisotopic (exact) mass is 241 g/mol. The van der Waals surface area contributed by atoms with Crippen molar-refractivity contribution in [2.45, 2.75) is 0 Å². The van der Waals surface area contributed by atoms with Gasteiger partial charge in [-0.1, -0.05) is 11.6 Å². The summed E-state index contributed by atoms with van der Waals surface area (Å²) >= 11 is 5.71. The van der Waals surface area contributed by atoms with E-state index in [4.69, 9.17) is 21.4 Å². The van der Waals surface area contributed by atoms with Gasteiger partial charge in [-0.2, -0.15) is 5.01 Å². The number of benzene rings is 1. The van der Waals surface area contributed by atoms with E-state index in [1.807, 2.05) is 0 Å².